The van der Waals surface area contributed by atoms with Gasteiger partial charge in [-0.3, -0.25) is 0 Å². The zero-order chi connectivity index (χ0) is 51.8. The second-order valence-electron chi connectivity index (χ2n) is 20.7. The molecule has 10 rings (SSSR count). The molecular weight excluding hydrogens is 893 g/mol. The lowest BCUT2D eigenvalue weighted by Gasteiger charge is -2.12. The average molecular weight is 971 g/mol. The molecule has 0 saturated carbocycles. The molecule has 0 amide bonds. The van der Waals surface area contributed by atoms with Crippen LogP contribution in [0, 0.1) is 0 Å². The molecule has 5 heteroatoms. The molecule has 2 aliphatic heterocycles. The van der Waals surface area contributed by atoms with Crippen LogP contribution in [0.3, 0.4) is 0 Å². The van der Waals surface area contributed by atoms with Gasteiger partial charge in [-0.2, -0.15) is 9.15 Å². The van der Waals surface area contributed by atoms with Crippen LogP contribution < -0.4 is 0 Å². The van der Waals surface area contributed by atoms with Crippen LogP contribution >= 0.6 is 0 Å². The summed E-state index contributed by atoms with van der Waals surface area (Å²) >= 11 is 0. The zero-order valence-electron chi connectivity index (χ0n) is 45.7. The van der Waals surface area contributed by atoms with E-state index in [2.05, 4.69) is 166 Å². The molecule has 73 heavy (non-hydrogen) atoms. The summed E-state index contributed by atoms with van der Waals surface area (Å²) in [6.45, 7) is 27.9. The molecule has 0 atom stereocenters. The van der Waals surface area contributed by atoms with E-state index in [1.165, 1.54) is 101 Å². The number of nitrogens with zero attached hydrogens (tertiary/aromatic N) is 2. The lowest BCUT2D eigenvalue weighted by Crippen LogP contribution is -2.22. The van der Waals surface area contributed by atoms with Crippen molar-refractivity contribution in [2.24, 2.45) is 0 Å². The Kier molecular flexibility index (Phi) is 17.2. The van der Waals surface area contributed by atoms with Crippen molar-refractivity contribution in [1.29, 1.82) is 0 Å². The van der Waals surface area contributed by atoms with Crippen LogP contribution in [0.25, 0.3) is 0 Å². The van der Waals surface area contributed by atoms with E-state index in [-0.39, 0.29) is 12.6 Å². The Hall–Kier alpha value is -6.77. The third kappa shape index (κ3) is 12.4. The van der Waals surface area contributed by atoms with Gasteiger partial charge < -0.3 is 9.47 Å². The van der Waals surface area contributed by atoms with E-state index in [1.807, 2.05) is 27.7 Å². The Labute approximate surface area is 437 Å². The maximum absolute atomic E-state index is 13.3. The van der Waals surface area contributed by atoms with Gasteiger partial charge in [0.2, 0.25) is 11.4 Å². The Bertz CT molecular complexity index is 2910. The number of carbonyl (C=O) groups is 1. The number of ether oxygens (including phenoxy) is 2. The van der Waals surface area contributed by atoms with Gasteiger partial charge in [0.25, 0.3) is 0 Å². The molecule has 2 heterocycles. The normalized spacial score (nSPS) is 17.0. The van der Waals surface area contributed by atoms with Gasteiger partial charge in [-0.25, -0.2) is 4.79 Å². The van der Waals surface area contributed by atoms with E-state index in [4.69, 9.17) is 9.47 Å². The fraction of sp³-hybridized carbons (Fsp3) is 0.368. The van der Waals surface area contributed by atoms with E-state index in [0.717, 1.165) is 105 Å². The average Bonchev–Trinajstić information content (AvgIpc) is 4.25. The third-order valence-corrected chi connectivity index (χ3v) is 15.5. The highest BCUT2D eigenvalue weighted by molar-refractivity contribution is 6.05. The predicted molar refractivity (Wildman–Crippen MR) is 302 cm³/mol. The second-order valence-corrected chi connectivity index (χ2v) is 20.7. The molecule has 4 aromatic carbocycles. The summed E-state index contributed by atoms with van der Waals surface area (Å²) in [5.74, 6) is 0.581. The summed E-state index contributed by atoms with van der Waals surface area (Å²) in [5, 5.41) is 0. The quantitative estimate of drug-likeness (QED) is 0.0441. The summed E-state index contributed by atoms with van der Waals surface area (Å²) in [4.78, 5) is 13.3. The minimum absolute atomic E-state index is 0.206. The largest absolute Gasteiger partial charge is 0.489 e. The van der Waals surface area contributed by atoms with Crippen LogP contribution in [0.5, 0.6) is 0 Å². The number of hydrogen-bond acceptors (Lipinski definition) is 3. The molecule has 4 aromatic rings. The molecule has 6 aliphatic rings. The van der Waals surface area contributed by atoms with Crippen molar-refractivity contribution in [3.8, 4) is 0 Å². The van der Waals surface area contributed by atoms with Gasteiger partial charge >= 0.3 is 5.97 Å². The van der Waals surface area contributed by atoms with Crippen molar-refractivity contribution in [2.45, 2.75) is 166 Å². The Morgan fingerprint density at radius 3 is 1.26 bits per heavy atom. The van der Waals surface area contributed by atoms with Gasteiger partial charge in [0.1, 0.15) is 25.4 Å². The van der Waals surface area contributed by atoms with Gasteiger partial charge in [0.05, 0.1) is 12.8 Å². The minimum Gasteiger partial charge on any atom is -0.489 e. The smallest absolute Gasteiger partial charge is 0.334 e. The lowest BCUT2D eigenvalue weighted by molar-refractivity contribution is -0.461. The van der Waals surface area contributed by atoms with Gasteiger partial charge in [-0.15, -0.1) is 11.5 Å². The summed E-state index contributed by atoms with van der Waals surface area (Å²) in [7, 11) is 0. The fourth-order valence-corrected chi connectivity index (χ4v) is 11.3. The monoisotopic (exact) mass is 971 g/mol. The number of para-hydroxylation sites is 2. The van der Waals surface area contributed by atoms with E-state index in [9.17, 15) is 4.79 Å². The van der Waals surface area contributed by atoms with Crippen molar-refractivity contribution in [1.82, 2.24) is 0 Å². The van der Waals surface area contributed by atoms with E-state index in [0.29, 0.717) is 13.0 Å². The van der Waals surface area contributed by atoms with E-state index >= 15 is 0 Å². The van der Waals surface area contributed by atoms with Crippen LogP contribution in [0.4, 0.5) is 11.4 Å². The van der Waals surface area contributed by atoms with E-state index in [1.54, 1.807) is 0 Å². The van der Waals surface area contributed by atoms with Crippen LogP contribution in [-0.4, -0.2) is 26.5 Å². The van der Waals surface area contributed by atoms with Gasteiger partial charge in [0, 0.05) is 52.8 Å². The van der Waals surface area contributed by atoms with E-state index < -0.39 is 0 Å². The number of allylic oxidation sites excluding steroid dienone is 9. The highest BCUT2D eigenvalue weighted by Crippen LogP contribution is 2.39. The van der Waals surface area contributed by atoms with Crippen molar-refractivity contribution in [3.63, 3.8) is 0 Å². The maximum atomic E-state index is 13.3. The summed E-state index contributed by atoms with van der Waals surface area (Å²) in [6, 6.07) is 35.3. The molecular formula is C68H78N2O3+2. The lowest BCUT2D eigenvalue weighted by atomic mass is 10.0. The first kappa shape index (κ1) is 52.5. The zero-order valence-corrected chi connectivity index (χ0v) is 45.7. The maximum Gasteiger partial charge on any atom is 0.334 e. The first-order valence-electron chi connectivity index (χ1n) is 27.1. The summed E-state index contributed by atoms with van der Waals surface area (Å²) < 4.78 is 17.3. The van der Waals surface area contributed by atoms with Crippen LogP contribution in [0.1, 0.15) is 160 Å². The Morgan fingerprint density at radius 2 is 0.808 bits per heavy atom. The third-order valence-electron chi connectivity index (χ3n) is 15.5. The van der Waals surface area contributed by atoms with Gasteiger partial charge in [-0.1, -0.05) is 153 Å². The van der Waals surface area contributed by atoms with Crippen LogP contribution in [-0.2, 0) is 53.4 Å². The molecule has 0 unspecified atom stereocenters. The number of carbonyl (C=O) groups excluding carboxylic acids is 1. The SMILES string of the molecule is C=C(OCc1ccc(C[N+]2=C(CC3=[N+](Cc4ccc(COC(=O)C5=C(C)CC(=C=C6CC(C)=C(C)C6)C5)cc4)c4ccccc4C3)Cc3ccccc32)cc1)C1=C(C)CC(=C=C2CC(C)=C(C)C2)C1.CC.CC. The van der Waals surface area contributed by atoms with Crippen LogP contribution in [0.15, 0.2) is 188 Å². The number of hydrogen-bond donors (Lipinski definition) is 0. The number of esters is 1. The van der Waals surface area contributed by atoms with Crippen molar-refractivity contribution in [2.75, 3.05) is 0 Å². The molecule has 376 valence electrons. The highest BCUT2D eigenvalue weighted by Gasteiger charge is 2.37. The Morgan fingerprint density at radius 1 is 0.452 bits per heavy atom. The molecule has 0 spiro atoms. The standard InChI is InChI=1S/C64H66N2O3.2C2H6/c1-41-24-52(25-42(41)2)30-54-28-45(5)60(32-54)47(7)68-39-50-20-16-48(17-21-50)37-65-58(34-56-12-8-10-14-62(56)65)36-59-35-57-13-9-11-15-63(57)66(59)38-49-18-22-51(23-19-49)40-69-64(67)61-33-55(29-46(61)6)31-53-26-43(3)44(4)27-53;2*1-2/h8-23H,7,24-29,32-40H2,1-6H3;2*1-2H3/q+2;;. The molecule has 0 radical (unpaired) electrons. The molecule has 4 aliphatic carbocycles. The predicted octanol–water partition coefficient (Wildman–Crippen LogP) is 17.0. The minimum atomic E-state index is -0.206. The van der Waals surface area contributed by atoms with Crippen LogP contribution in [0.2, 0.25) is 0 Å². The summed E-state index contributed by atoms with van der Waals surface area (Å²) in [6.07, 6.45) is 10.2. The molecule has 5 nitrogen and oxygen atoms in total. The molecule has 0 fully saturated rings. The summed E-state index contributed by atoms with van der Waals surface area (Å²) in [5.41, 5.74) is 35.9. The first-order valence-corrected chi connectivity index (χ1v) is 27.1. The molecule has 0 bridgehead atoms. The number of fused-ring (bicyclic) bond motifs is 2. The van der Waals surface area contributed by atoms with Crippen molar-refractivity contribution >= 4 is 28.8 Å². The topological polar surface area (TPSA) is 41.5 Å². The van der Waals surface area contributed by atoms with Crippen molar-refractivity contribution in [3.05, 3.63) is 221 Å². The number of rotatable bonds is 13. The molecule has 0 saturated heterocycles. The van der Waals surface area contributed by atoms with Gasteiger partial charge in [-0.05, 0) is 119 Å². The molecule has 0 aromatic heterocycles. The number of benzene rings is 4. The molecule has 0 N–H and O–H groups in total. The first-order chi connectivity index (χ1) is 35.4. The van der Waals surface area contributed by atoms with Gasteiger partial charge in [0.15, 0.2) is 24.5 Å². The highest BCUT2D eigenvalue weighted by atomic mass is 16.5. The second kappa shape index (κ2) is 23.8. The van der Waals surface area contributed by atoms with Crippen molar-refractivity contribution < 1.29 is 23.4 Å². The Balaban J connectivity index is 0.00000174. The fourth-order valence-electron chi connectivity index (χ4n) is 11.3.